The smallest absolute Gasteiger partial charge is 0.313 e. The molecule has 2 aliphatic rings. The minimum atomic E-state index is -0.135. The minimum Gasteiger partial charge on any atom is -0.469 e. The number of ether oxygens (including phenoxy) is 1. The van der Waals surface area contributed by atoms with Crippen LogP contribution in [-0.2, 0) is 9.53 Å². The van der Waals surface area contributed by atoms with Gasteiger partial charge in [-0.1, -0.05) is 6.07 Å². The van der Waals surface area contributed by atoms with Crippen molar-refractivity contribution < 1.29 is 9.53 Å². The normalized spacial score (nSPS) is 20.3. The number of carbonyl (C=O) groups is 1. The second-order valence-corrected chi connectivity index (χ2v) is 9.80. The van der Waals surface area contributed by atoms with Gasteiger partial charge in [-0.2, -0.15) is 11.8 Å². The Kier molecular flexibility index (Phi) is 6.38. The molecule has 0 radical (unpaired) electrons. The van der Waals surface area contributed by atoms with E-state index < -0.39 is 0 Å². The zero-order chi connectivity index (χ0) is 16.2. The molecule has 1 aliphatic heterocycles. The van der Waals surface area contributed by atoms with Crippen LogP contribution in [0.2, 0.25) is 0 Å². The van der Waals surface area contributed by atoms with E-state index in [2.05, 4.69) is 34.1 Å². The summed E-state index contributed by atoms with van der Waals surface area (Å²) in [6.45, 7) is 0. The highest BCUT2D eigenvalue weighted by Gasteiger charge is 2.28. The molecule has 1 saturated heterocycles. The zero-order valence-electron chi connectivity index (χ0n) is 13.4. The predicted molar refractivity (Wildman–Crippen MR) is 102 cm³/mol. The van der Waals surface area contributed by atoms with E-state index in [1.54, 1.807) is 0 Å². The molecule has 23 heavy (non-hydrogen) atoms. The van der Waals surface area contributed by atoms with Gasteiger partial charge in [-0.25, -0.2) is 0 Å². The summed E-state index contributed by atoms with van der Waals surface area (Å²) in [7, 11) is 1.50. The fraction of sp³-hybridized carbons (Fsp3) is 0.611. The second-order valence-electron chi connectivity index (χ2n) is 6.37. The number of thioether (sulfide) groups is 2. The van der Waals surface area contributed by atoms with Gasteiger partial charge in [0.05, 0.1) is 13.0 Å². The molecule has 0 bridgehead atoms. The highest BCUT2D eigenvalue weighted by Crippen LogP contribution is 2.43. The van der Waals surface area contributed by atoms with E-state index in [0.29, 0.717) is 5.92 Å². The molecule has 126 valence electrons. The van der Waals surface area contributed by atoms with Crippen LogP contribution in [0.3, 0.4) is 0 Å². The molecule has 1 saturated carbocycles. The first-order valence-electron chi connectivity index (χ1n) is 8.29. The number of carbonyl (C=O) groups excluding carboxylic acids is 1. The molecular weight excluding hydrogens is 392 g/mol. The molecule has 5 heteroatoms. The summed E-state index contributed by atoms with van der Waals surface area (Å²) in [4.78, 5) is 13.6. The monoisotopic (exact) mass is 414 g/mol. The van der Waals surface area contributed by atoms with Crippen molar-refractivity contribution in [2.75, 3.05) is 18.6 Å². The van der Waals surface area contributed by atoms with Gasteiger partial charge in [0, 0.05) is 14.6 Å². The van der Waals surface area contributed by atoms with E-state index in [4.69, 9.17) is 4.74 Å². The highest BCUT2D eigenvalue weighted by atomic mass is 79.9. The Hall–Kier alpha value is -0.130. The Labute approximate surface area is 155 Å². The van der Waals surface area contributed by atoms with Crippen LogP contribution in [0, 0.1) is 5.92 Å². The molecule has 1 unspecified atom stereocenters. The molecule has 1 heterocycles. The fourth-order valence-corrected chi connectivity index (χ4v) is 5.95. The van der Waals surface area contributed by atoms with Crippen molar-refractivity contribution in [3.05, 3.63) is 28.2 Å². The summed E-state index contributed by atoms with van der Waals surface area (Å²) in [5.74, 6) is 2.85. The van der Waals surface area contributed by atoms with Gasteiger partial charge in [0.15, 0.2) is 0 Å². The van der Waals surface area contributed by atoms with Gasteiger partial charge in [-0.05, 0) is 83.2 Å². The molecule has 1 aliphatic carbocycles. The van der Waals surface area contributed by atoms with Crippen molar-refractivity contribution in [2.24, 2.45) is 5.92 Å². The first kappa shape index (κ1) is 17.7. The topological polar surface area (TPSA) is 26.3 Å². The summed E-state index contributed by atoms with van der Waals surface area (Å²) in [6, 6.07) is 6.41. The average molecular weight is 415 g/mol. The SMILES string of the molecule is COC(=O)C(CC1CCSCC1)c1ccc(SC2CC2)c(Br)c1. The number of methoxy groups -OCH3 is 1. The highest BCUT2D eigenvalue weighted by molar-refractivity contribution is 9.10. The molecule has 0 N–H and O–H groups in total. The number of hydrogen-bond acceptors (Lipinski definition) is 4. The largest absolute Gasteiger partial charge is 0.469 e. The minimum absolute atomic E-state index is 0.0993. The Morgan fingerprint density at radius 3 is 2.70 bits per heavy atom. The van der Waals surface area contributed by atoms with Gasteiger partial charge < -0.3 is 4.74 Å². The number of hydrogen-bond donors (Lipinski definition) is 0. The van der Waals surface area contributed by atoms with Crippen LogP contribution >= 0.6 is 39.5 Å². The molecule has 2 fully saturated rings. The molecule has 2 nitrogen and oxygen atoms in total. The number of halogens is 1. The van der Waals surface area contributed by atoms with E-state index in [9.17, 15) is 4.79 Å². The van der Waals surface area contributed by atoms with E-state index in [1.165, 1.54) is 49.2 Å². The van der Waals surface area contributed by atoms with Crippen LogP contribution in [0.25, 0.3) is 0 Å². The first-order chi connectivity index (χ1) is 11.2. The molecule has 1 aromatic carbocycles. The van der Waals surface area contributed by atoms with Crippen LogP contribution in [-0.4, -0.2) is 29.8 Å². The van der Waals surface area contributed by atoms with Gasteiger partial charge in [0.25, 0.3) is 0 Å². The zero-order valence-corrected chi connectivity index (χ0v) is 16.6. The third kappa shape index (κ3) is 4.93. The van der Waals surface area contributed by atoms with Crippen molar-refractivity contribution in [1.82, 2.24) is 0 Å². The lowest BCUT2D eigenvalue weighted by Crippen LogP contribution is -2.20. The van der Waals surface area contributed by atoms with Crippen molar-refractivity contribution >= 4 is 45.4 Å². The second kappa shape index (κ2) is 8.30. The Morgan fingerprint density at radius 2 is 2.09 bits per heavy atom. The number of benzene rings is 1. The lowest BCUT2D eigenvalue weighted by atomic mass is 9.86. The van der Waals surface area contributed by atoms with Gasteiger partial charge in [0.1, 0.15) is 0 Å². The molecule has 0 amide bonds. The maximum absolute atomic E-state index is 12.3. The van der Waals surface area contributed by atoms with Crippen LogP contribution < -0.4 is 0 Å². The van der Waals surface area contributed by atoms with Crippen LogP contribution in [0.1, 0.15) is 43.6 Å². The molecule has 1 aromatic rings. The summed E-state index contributed by atoms with van der Waals surface area (Å²) in [6.07, 6.45) is 5.99. The molecule has 0 spiro atoms. The van der Waals surface area contributed by atoms with Crippen molar-refractivity contribution in [3.8, 4) is 0 Å². The van der Waals surface area contributed by atoms with Gasteiger partial charge in [-0.3, -0.25) is 4.79 Å². The number of esters is 1. The van der Waals surface area contributed by atoms with E-state index in [0.717, 1.165) is 21.7 Å². The Morgan fingerprint density at radius 1 is 1.35 bits per heavy atom. The Bertz CT molecular complexity index is 554. The van der Waals surface area contributed by atoms with Crippen molar-refractivity contribution in [1.29, 1.82) is 0 Å². The summed E-state index contributed by atoms with van der Waals surface area (Å²) < 4.78 is 6.20. The molecule has 0 aromatic heterocycles. The molecular formula is C18H23BrO2S2. The van der Waals surface area contributed by atoms with Gasteiger partial charge >= 0.3 is 5.97 Å². The molecule has 3 rings (SSSR count). The first-order valence-corrected chi connectivity index (χ1v) is 11.1. The van der Waals surface area contributed by atoms with E-state index >= 15 is 0 Å². The van der Waals surface area contributed by atoms with Crippen LogP contribution in [0.5, 0.6) is 0 Å². The van der Waals surface area contributed by atoms with Crippen molar-refractivity contribution in [3.63, 3.8) is 0 Å². The van der Waals surface area contributed by atoms with E-state index in [-0.39, 0.29) is 11.9 Å². The van der Waals surface area contributed by atoms with Crippen LogP contribution in [0.4, 0.5) is 0 Å². The summed E-state index contributed by atoms with van der Waals surface area (Å²) in [5.41, 5.74) is 1.09. The Balaban J connectivity index is 1.74. The van der Waals surface area contributed by atoms with E-state index in [1.807, 2.05) is 23.5 Å². The molecule has 1 atom stereocenters. The maximum atomic E-state index is 12.3. The third-order valence-corrected chi connectivity index (χ3v) is 7.95. The predicted octanol–water partition coefficient (Wildman–Crippen LogP) is 5.49. The number of rotatable bonds is 6. The van der Waals surface area contributed by atoms with Crippen LogP contribution in [0.15, 0.2) is 27.6 Å². The van der Waals surface area contributed by atoms with Gasteiger partial charge in [0.2, 0.25) is 0 Å². The summed E-state index contributed by atoms with van der Waals surface area (Å²) >= 11 is 7.66. The lowest BCUT2D eigenvalue weighted by Gasteiger charge is -2.25. The summed E-state index contributed by atoms with van der Waals surface area (Å²) in [5, 5.41) is 0.785. The van der Waals surface area contributed by atoms with Crippen molar-refractivity contribution in [2.45, 2.75) is 48.2 Å². The average Bonchev–Trinajstić information content (AvgIpc) is 3.39. The maximum Gasteiger partial charge on any atom is 0.313 e. The van der Waals surface area contributed by atoms with Gasteiger partial charge in [-0.15, -0.1) is 11.8 Å². The lowest BCUT2D eigenvalue weighted by molar-refractivity contribution is -0.142. The third-order valence-electron chi connectivity index (χ3n) is 4.57. The quantitative estimate of drug-likeness (QED) is 0.574. The standard InChI is InChI=1S/C18H23BrO2S2/c1-21-18(20)15(10-12-6-8-22-9-7-12)13-2-5-17(16(19)11-13)23-14-3-4-14/h2,5,11-12,14-15H,3-4,6-10H2,1H3. The fourth-order valence-electron chi connectivity index (χ4n) is 3.02.